The highest BCUT2D eigenvalue weighted by Crippen LogP contribution is 2.34. The predicted octanol–water partition coefficient (Wildman–Crippen LogP) is 2.17. The standard InChI is InChI=1S/C15H19F3N2O3/c1-9(2)11(7-8-21)19-13(22)14(23)20-12-6-4-3-5-10(12)15(16,17)18/h3-6,9,11,21H,7-8H2,1-2H3,(H,19,22)(H,20,23). The van der Waals surface area contributed by atoms with Crippen molar-refractivity contribution < 1.29 is 27.9 Å². The summed E-state index contributed by atoms with van der Waals surface area (Å²) >= 11 is 0. The second-order valence-electron chi connectivity index (χ2n) is 5.33. The first-order valence-corrected chi connectivity index (χ1v) is 7.05. The van der Waals surface area contributed by atoms with E-state index in [0.29, 0.717) is 0 Å². The summed E-state index contributed by atoms with van der Waals surface area (Å²) in [4.78, 5) is 23.6. The van der Waals surface area contributed by atoms with Gasteiger partial charge in [-0.1, -0.05) is 26.0 Å². The Balaban J connectivity index is 2.82. The minimum atomic E-state index is -4.64. The van der Waals surface area contributed by atoms with E-state index < -0.39 is 35.3 Å². The van der Waals surface area contributed by atoms with Gasteiger partial charge in [0.25, 0.3) is 0 Å². The first-order chi connectivity index (χ1) is 10.7. The zero-order valence-corrected chi connectivity index (χ0v) is 12.8. The Labute approximate surface area is 131 Å². The van der Waals surface area contributed by atoms with Gasteiger partial charge in [0.1, 0.15) is 0 Å². The molecule has 0 spiro atoms. The van der Waals surface area contributed by atoms with Crippen LogP contribution >= 0.6 is 0 Å². The van der Waals surface area contributed by atoms with E-state index in [2.05, 4.69) is 5.32 Å². The number of amides is 2. The maximum Gasteiger partial charge on any atom is 0.418 e. The summed E-state index contributed by atoms with van der Waals surface area (Å²) in [5.74, 6) is -2.28. The van der Waals surface area contributed by atoms with Gasteiger partial charge in [-0.15, -0.1) is 0 Å². The van der Waals surface area contributed by atoms with Gasteiger partial charge in [-0.2, -0.15) is 13.2 Å². The third-order valence-electron chi connectivity index (χ3n) is 3.25. The number of hydrogen-bond acceptors (Lipinski definition) is 3. The van der Waals surface area contributed by atoms with Crippen molar-refractivity contribution in [3.63, 3.8) is 0 Å². The molecule has 0 aliphatic rings. The second kappa shape index (κ2) is 7.96. The molecule has 0 aliphatic carbocycles. The number of aliphatic hydroxyl groups excluding tert-OH is 1. The minimum absolute atomic E-state index is 0.0404. The average Bonchev–Trinajstić information content (AvgIpc) is 2.45. The number of benzene rings is 1. The number of rotatable bonds is 5. The fourth-order valence-electron chi connectivity index (χ4n) is 1.96. The average molecular weight is 332 g/mol. The van der Waals surface area contributed by atoms with Gasteiger partial charge in [0.15, 0.2) is 0 Å². The molecule has 5 nitrogen and oxygen atoms in total. The van der Waals surface area contributed by atoms with Crippen LogP contribution in [0, 0.1) is 5.92 Å². The van der Waals surface area contributed by atoms with Crippen LogP contribution in [0.2, 0.25) is 0 Å². The van der Waals surface area contributed by atoms with Gasteiger partial charge in [-0.05, 0) is 24.5 Å². The molecule has 2 amide bonds. The molecule has 1 aromatic carbocycles. The summed E-state index contributed by atoms with van der Waals surface area (Å²) < 4.78 is 38.5. The predicted molar refractivity (Wildman–Crippen MR) is 78.5 cm³/mol. The van der Waals surface area contributed by atoms with E-state index in [1.54, 1.807) is 13.8 Å². The van der Waals surface area contributed by atoms with Crippen LogP contribution in [0.1, 0.15) is 25.8 Å². The number of anilines is 1. The zero-order chi connectivity index (χ0) is 17.6. The lowest BCUT2D eigenvalue weighted by atomic mass is 10.0. The third-order valence-corrected chi connectivity index (χ3v) is 3.25. The van der Waals surface area contributed by atoms with Gasteiger partial charge in [-0.3, -0.25) is 9.59 Å². The summed E-state index contributed by atoms with van der Waals surface area (Å²) in [6.07, 6.45) is -4.40. The van der Waals surface area contributed by atoms with Crippen molar-refractivity contribution >= 4 is 17.5 Å². The number of nitrogens with one attached hydrogen (secondary N) is 2. The number of hydrogen-bond donors (Lipinski definition) is 3. The van der Waals surface area contributed by atoms with E-state index in [4.69, 9.17) is 5.11 Å². The Bertz CT molecular complexity index is 559. The zero-order valence-electron chi connectivity index (χ0n) is 12.8. The van der Waals surface area contributed by atoms with E-state index in [-0.39, 0.29) is 18.9 Å². The van der Waals surface area contributed by atoms with Crippen LogP contribution in [0.25, 0.3) is 0 Å². The number of aliphatic hydroxyl groups is 1. The molecule has 0 aliphatic heterocycles. The van der Waals surface area contributed by atoms with Gasteiger partial charge in [-0.25, -0.2) is 0 Å². The molecule has 1 rings (SSSR count). The van der Waals surface area contributed by atoms with Crippen molar-refractivity contribution in [2.24, 2.45) is 5.92 Å². The van der Waals surface area contributed by atoms with Crippen LogP contribution in [-0.4, -0.2) is 29.6 Å². The van der Waals surface area contributed by atoms with E-state index in [1.165, 1.54) is 12.1 Å². The highest BCUT2D eigenvalue weighted by atomic mass is 19.4. The number of para-hydroxylation sites is 1. The summed E-state index contributed by atoms with van der Waals surface area (Å²) in [5.41, 5.74) is -1.51. The lowest BCUT2D eigenvalue weighted by Gasteiger charge is -2.21. The molecule has 0 aromatic heterocycles. The van der Waals surface area contributed by atoms with Gasteiger partial charge < -0.3 is 15.7 Å². The first kappa shape index (κ1) is 19.0. The van der Waals surface area contributed by atoms with Gasteiger partial charge in [0, 0.05) is 12.6 Å². The van der Waals surface area contributed by atoms with Crippen molar-refractivity contribution in [3.05, 3.63) is 29.8 Å². The lowest BCUT2D eigenvalue weighted by molar-refractivity contribution is -0.138. The number of carbonyl (C=O) groups excluding carboxylic acids is 2. The molecule has 0 radical (unpaired) electrons. The Morgan fingerprint density at radius 3 is 2.30 bits per heavy atom. The molecule has 0 bridgehead atoms. The largest absolute Gasteiger partial charge is 0.418 e. The van der Waals surface area contributed by atoms with E-state index in [1.807, 2.05) is 5.32 Å². The van der Waals surface area contributed by atoms with Crippen LogP contribution in [0.3, 0.4) is 0 Å². The van der Waals surface area contributed by atoms with E-state index in [9.17, 15) is 22.8 Å². The fraction of sp³-hybridized carbons (Fsp3) is 0.467. The Hall–Kier alpha value is -2.09. The van der Waals surface area contributed by atoms with Crippen molar-refractivity contribution in [1.29, 1.82) is 0 Å². The quantitative estimate of drug-likeness (QED) is 0.723. The smallest absolute Gasteiger partial charge is 0.396 e. The van der Waals surface area contributed by atoms with Crippen LogP contribution in [0.15, 0.2) is 24.3 Å². The highest BCUT2D eigenvalue weighted by molar-refractivity contribution is 6.39. The molecule has 0 saturated heterocycles. The molecular weight excluding hydrogens is 313 g/mol. The van der Waals surface area contributed by atoms with E-state index >= 15 is 0 Å². The van der Waals surface area contributed by atoms with Crippen molar-refractivity contribution in [1.82, 2.24) is 5.32 Å². The molecular formula is C15H19F3N2O3. The molecule has 0 fully saturated rings. The fourth-order valence-corrected chi connectivity index (χ4v) is 1.96. The van der Waals surface area contributed by atoms with E-state index in [0.717, 1.165) is 12.1 Å². The molecule has 0 saturated carbocycles. The highest BCUT2D eigenvalue weighted by Gasteiger charge is 2.34. The number of halogens is 3. The summed E-state index contributed by atoms with van der Waals surface area (Å²) in [6, 6.07) is 3.95. The maximum absolute atomic E-state index is 12.8. The van der Waals surface area contributed by atoms with Gasteiger partial charge in [0.2, 0.25) is 0 Å². The van der Waals surface area contributed by atoms with Crippen LogP contribution in [-0.2, 0) is 15.8 Å². The topological polar surface area (TPSA) is 78.4 Å². The minimum Gasteiger partial charge on any atom is -0.396 e. The Morgan fingerprint density at radius 2 is 1.78 bits per heavy atom. The van der Waals surface area contributed by atoms with Crippen molar-refractivity contribution in [3.8, 4) is 0 Å². The molecule has 23 heavy (non-hydrogen) atoms. The maximum atomic E-state index is 12.8. The third kappa shape index (κ3) is 5.55. The van der Waals surface area contributed by atoms with Crippen molar-refractivity contribution in [2.45, 2.75) is 32.5 Å². The normalized spacial score (nSPS) is 12.8. The van der Waals surface area contributed by atoms with Crippen molar-refractivity contribution in [2.75, 3.05) is 11.9 Å². The molecule has 1 atom stereocenters. The molecule has 3 N–H and O–H groups in total. The number of carbonyl (C=O) groups is 2. The second-order valence-corrected chi connectivity index (χ2v) is 5.33. The monoisotopic (exact) mass is 332 g/mol. The Kier molecular flexibility index (Phi) is 6.56. The molecule has 8 heteroatoms. The summed E-state index contributed by atoms with van der Waals surface area (Å²) in [7, 11) is 0. The van der Waals surface area contributed by atoms with Crippen LogP contribution in [0.4, 0.5) is 18.9 Å². The SMILES string of the molecule is CC(C)C(CCO)NC(=O)C(=O)Nc1ccccc1C(F)(F)F. The summed E-state index contributed by atoms with van der Waals surface area (Å²) in [6.45, 7) is 3.40. The van der Waals surface area contributed by atoms with Crippen LogP contribution in [0.5, 0.6) is 0 Å². The van der Waals surface area contributed by atoms with Gasteiger partial charge in [0.05, 0.1) is 11.3 Å². The molecule has 1 aromatic rings. The molecule has 1 unspecified atom stereocenters. The first-order valence-electron chi connectivity index (χ1n) is 7.05. The molecule has 0 heterocycles. The number of alkyl halides is 3. The lowest BCUT2D eigenvalue weighted by Crippen LogP contribution is -2.44. The van der Waals surface area contributed by atoms with Gasteiger partial charge >= 0.3 is 18.0 Å². The Morgan fingerprint density at radius 1 is 1.17 bits per heavy atom. The van der Waals surface area contributed by atoms with Crippen LogP contribution < -0.4 is 10.6 Å². The summed E-state index contributed by atoms with van der Waals surface area (Å²) in [5, 5.41) is 13.3. The molecule has 128 valence electrons.